The van der Waals surface area contributed by atoms with Gasteiger partial charge in [-0.3, -0.25) is 15.6 Å². The van der Waals surface area contributed by atoms with Crippen molar-refractivity contribution in [3.8, 4) is 0 Å². The molecule has 4 nitrogen and oxygen atoms in total. The molecule has 0 radical (unpaired) electrons. The van der Waals surface area contributed by atoms with E-state index in [9.17, 15) is 9.18 Å². The Morgan fingerprint density at radius 3 is 2.54 bits per heavy atom. The van der Waals surface area contributed by atoms with Crippen molar-refractivity contribution >= 4 is 52.3 Å². The topological polar surface area (TPSA) is 53.2 Å². The zero-order valence-corrected chi connectivity index (χ0v) is 14.9. The van der Waals surface area contributed by atoms with Crippen LogP contribution in [0.2, 0.25) is 5.02 Å². The van der Waals surface area contributed by atoms with E-state index < -0.39 is 0 Å². The molecule has 0 aliphatic heterocycles. The predicted octanol–water partition coefficient (Wildman–Crippen LogP) is 3.73. The number of carbonyl (C=O) groups is 1. The first-order valence-corrected chi connectivity index (χ1v) is 8.91. The van der Waals surface area contributed by atoms with Gasteiger partial charge in [0.2, 0.25) is 5.91 Å². The average molecular weight is 384 g/mol. The van der Waals surface area contributed by atoms with Gasteiger partial charge in [0, 0.05) is 16.5 Å². The highest BCUT2D eigenvalue weighted by Gasteiger charge is 2.05. The maximum atomic E-state index is 12.8. The highest BCUT2D eigenvalue weighted by atomic mass is 35.5. The summed E-state index contributed by atoms with van der Waals surface area (Å²) < 4.78 is 12.8. The molecule has 8 heteroatoms. The van der Waals surface area contributed by atoms with Crippen molar-refractivity contribution in [3.05, 3.63) is 64.9 Å². The first-order chi connectivity index (χ1) is 11.5. The zero-order valence-electron chi connectivity index (χ0n) is 12.5. The van der Waals surface area contributed by atoms with Gasteiger partial charge in [-0.1, -0.05) is 29.8 Å². The van der Waals surface area contributed by atoms with Gasteiger partial charge in [-0.2, -0.15) is 0 Å². The second-order valence-corrected chi connectivity index (χ2v) is 6.52. The summed E-state index contributed by atoms with van der Waals surface area (Å²) in [4.78, 5) is 11.8. The van der Waals surface area contributed by atoms with E-state index in [1.54, 1.807) is 12.1 Å². The van der Waals surface area contributed by atoms with E-state index in [0.717, 1.165) is 5.56 Å². The van der Waals surface area contributed by atoms with Crippen LogP contribution in [0.3, 0.4) is 0 Å². The molecule has 24 heavy (non-hydrogen) atoms. The third-order valence-corrected chi connectivity index (χ3v) is 4.42. The van der Waals surface area contributed by atoms with Crippen LogP contribution in [0.15, 0.2) is 48.5 Å². The molecule has 0 spiro atoms. The largest absolute Gasteiger partial charge is 0.331 e. The number of nitrogens with one attached hydrogen (secondary N) is 3. The maximum absolute atomic E-state index is 12.8. The van der Waals surface area contributed by atoms with E-state index in [1.807, 2.05) is 24.3 Å². The van der Waals surface area contributed by atoms with Gasteiger partial charge in [0.1, 0.15) is 5.82 Å². The smallest absolute Gasteiger partial charge is 0.248 e. The lowest BCUT2D eigenvalue weighted by atomic mass is 10.2. The standard InChI is InChI=1S/C16H15ClFN3OS2/c17-14-4-2-1-3-11(14)9-24-10-15(22)20-21-16(23)19-13-7-5-12(18)6-8-13/h1-8H,9-10H2,(H,20,22)(H2,19,21,23). The van der Waals surface area contributed by atoms with Gasteiger partial charge in [-0.15, -0.1) is 11.8 Å². The lowest BCUT2D eigenvalue weighted by molar-refractivity contribution is -0.119. The Balaban J connectivity index is 1.66. The number of hydrogen-bond donors (Lipinski definition) is 3. The number of thiocarbonyl (C=S) groups is 1. The molecule has 0 saturated heterocycles. The normalized spacial score (nSPS) is 10.1. The Kier molecular flexibility index (Phi) is 7.30. The van der Waals surface area contributed by atoms with E-state index in [-0.39, 0.29) is 22.6 Å². The van der Waals surface area contributed by atoms with Crippen LogP contribution < -0.4 is 16.2 Å². The Morgan fingerprint density at radius 1 is 1.12 bits per heavy atom. The number of carbonyl (C=O) groups excluding carboxylic acids is 1. The van der Waals surface area contributed by atoms with E-state index in [0.29, 0.717) is 16.5 Å². The second kappa shape index (κ2) is 9.46. The van der Waals surface area contributed by atoms with Crippen LogP contribution in [-0.2, 0) is 10.5 Å². The summed E-state index contributed by atoms with van der Waals surface area (Å²) in [7, 11) is 0. The van der Waals surface area contributed by atoms with Gasteiger partial charge in [-0.05, 0) is 48.1 Å². The quantitative estimate of drug-likeness (QED) is 0.542. The van der Waals surface area contributed by atoms with E-state index >= 15 is 0 Å². The van der Waals surface area contributed by atoms with Gasteiger partial charge < -0.3 is 5.32 Å². The summed E-state index contributed by atoms with van der Waals surface area (Å²) in [5.41, 5.74) is 6.69. The van der Waals surface area contributed by atoms with Crippen molar-refractivity contribution in [1.82, 2.24) is 10.9 Å². The number of rotatable bonds is 5. The summed E-state index contributed by atoms with van der Waals surface area (Å²) in [6.45, 7) is 0. The molecule has 2 aromatic carbocycles. The van der Waals surface area contributed by atoms with Crippen LogP contribution in [0.4, 0.5) is 10.1 Å². The molecule has 2 aromatic rings. The zero-order chi connectivity index (χ0) is 17.4. The molecule has 0 aliphatic carbocycles. The molecule has 0 aliphatic rings. The monoisotopic (exact) mass is 383 g/mol. The highest BCUT2D eigenvalue weighted by Crippen LogP contribution is 2.20. The van der Waals surface area contributed by atoms with Crippen LogP contribution in [0.1, 0.15) is 5.56 Å². The Morgan fingerprint density at radius 2 is 1.83 bits per heavy atom. The van der Waals surface area contributed by atoms with E-state index in [4.69, 9.17) is 23.8 Å². The van der Waals surface area contributed by atoms with Crippen LogP contribution in [0, 0.1) is 5.82 Å². The van der Waals surface area contributed by atoms with Crippen molar-refractivity contribution < 1.29 is 9.18 Å². The molecule has 0 heterocycles. The Hall–Kier alpha value is -1.83. The number of thioether (sulfide) groups is 1. The van der Waals surface area contributed by atoms with Crippen molar-refractivity contribution in [1.29, 1.82) is 0 Å². The molecule has 0 fully saturated rings. The summed E-state index contributed by atoms with van der Waals surface area (Å²) in [5.74, 6) is 0.363. The van der Waals surface area contributed by atoms with Gasteiger partial charge in [-0.25, -0.2) is 4.39 Å². The third-order valence-electron chi connectivity index (χ3n) is 2.87. The molecular weight excluding hydrogens is 369 g/mol. The SMILES string of the molecule is O=C(CSCc1ccccc1Cl)NNC(=S)Nc1ccc(F)cc1. The van der Waals surface area contributed by atoms with E-state index in [2.05, 4.69) is 16.2 Å². The van der Waals surface area contributed by atoms with Crippen molar-refractivity contribution in [2.24, 2.45) is 0 Å². The van der Waals surface area contributed by atoms with Crippen molar-refractivity contribution in [2.75, 3.05) is 11.1 Å². The van der Waals surface area contributed by atoms with Crippen molar-refractivity contribution in [3.63, 3.8) is 0 Å². The Bertz CT molecular complexity index is 713. The molecule has 2 rings (SSSR count). The Labute approximate surface area is 154 Å². The number of anilines is 1. The fraction of sp³-hybridized carbons (Fsp3) is 0.125. The molecular formula is C16H15ClFN3OS2. The van der Waals surface area contributed by atoms with Gasteiger partial charge in [0.25, 0.3) is 0 Å². The van der Waals surface area contributed by atoms with Crippen LogP contribution in [-0.4, -0.2) is 16.8 Å². The summed E-state index contributed by atoms with van der Waals surface area (Å²) in [5, 5.41) is 3.73. The molecule has 0 bridgehead atoms. The number of amides is 1. The van der Waals surface area contributed by atoms with E-state index in [1.165, 1.54) is 23.9 Å². The fourth-order valence-corrected chi connectivity index (χ4v) is 3.01. The minimum Gasteiger partial charge on any atom is -0.331 e. The van der Waals surface area contributed by atoms with Gasteiger partial charge in [0.15, 0.2) is 5.11 Å². The molecule has 0 aromatic heterocycles. The number of hydrazine groups is 1. The second-order valence-electron chi connectivity index (χ2n) is 4.72. The minimum absolute atomic E-state index is 0.213. The molecule has 3 N–H and O–H groups in total. The number of halogens is 2. The van der Waals surface area contributed by atoms with Crippen LogP contribution in [0.5, 0.6) is 0 Å². The molecule has 0 atom stereocenters. The lowest BCUT2D eigenvalue weighted by Crippen LogP contribution is -2.44. The highest BCUT2D eigenvalue weighted by molar-refractivity contribution is 7.99. The van der Waals surface area contributed by atoms with Crippen LogP contribution in [0.25, 0.3) is 0 Å². The predicted molar refractivity (Wildman–Crippen MR) is 102 cm³/mol. The van der Waals surface area contributed by atoms with Gasteiger partial charge in [0.05, 0.1) is 5.75 Å². The lowest BCUT2D eigenvalue weighted by Gasteiger charge is -2.11. The minimum atomic E-state index is -0.330. The number of benzene rings is 2. The third kappa shape index (κ3) is 6.35. The molecule has 0 unspecified atom stereocenters. The molecule has 126 valence electrons. The maximum Gasteiger partial charge on any atom is 0.248 e. The summed E-state index contributed by atoms with van der Waals surface area (Å²) in [6, 6.07) is 13.2. The first-order valence-electron chi connectivity index (χ1n) is 6.97. The number of hydrogen-bond acceptors (Lipinski definition) is 3. The van der Waals surface area contributed by atoms with Gasteiger partial charge >= 0.3 is 0 Å². The summed E-state index contributed by atoms with van der Waals surface area (Å²) in [6.07, 6.45) is 0. The summed E-state index contributed by atoms with van der Waals surface area (Å²) >= 11 is 12.5. The fourth-order valence-electron chi connectivity index (χ4n) is 1.73. The molecule has 0 saturated carbocycles. The average Bonchev–Trinajstić information content (AvgIpc) is 2.57. The van der Waals surface area contributed by atoms with Crippen LogP contribution >= 0.6 is 35.6 Å². The first kappa shape index (κ1) is 18.5. The van der Waals surface area contributed by atoms with Crippen molar-refractivity contribution in [2.45, 2.75) is 5.75 Å². The molecule has 1 amide bonds.